The zero-order valence-corrected chi connectivity index (χ0v) is 18.3. The summed E-state index contributed by atoms with van der Waals surface area (Å²) in [4.78, 5) is 28.8. The molecule has 2 amide bonds. The van der Waals surface area contributed by atoms with Gasteiger partial charge in [-0.05, 0) is 41.5 Å². The van der Waals surface area contributed by atoms with Gasteiger partial charge >= 0.3 is 0 Å². The molecule has 1 heterocycles. The Morgan fingerprint density at radius 2 is 1.57 bits per heavy atom. The lowest BCUT2D eigenvalue weighted by Gasteiger charge is -2.35. The molecule has 5 nitrogen and oxygen atoms in total. The first-order valence-electron chi connectivity index (χ1n) is 10.8. The van der Waals surface area contributed by atoms with Crippen molar-refractivity contribution < 1.29 is 9.59 Å². The van der Waals surface area contributed by atoms with Gasteiger partial charge in [0.25, 0.3) is 5.91 Å². The van der Waals surface area contributed by atoms with Crippen molar-refractivity contribution in [1.82, 2.24) is 15.1 Å². The minimum atomic E-state index is -0.156. The number of hydrogen-bond donors (Lipinski definition) is 1. The number of amides is 2. The van der Waals surface area contributed by atoms with Gasteiger partial charge in [0.2, 0.25) is 5.91 Å². The minimum absolute atomic E-state index is 0.0387. The fourth-order valence-corrected chi connectivity index (χ4v) is 4.38. The van der Waals surface area contributed by atoms with Gasteiger partial charge < -0.3 is 10.2 Å². The normalized spacial score (nSPS) is 19.3. The number of nitrogens with one attached hydrogen (secondary N) is 1. The van der Waals surface area contributed by atoms with Crippen LogP contribution in [0.5, 0.6) is 0 Å². The summed E-state index contributed by atoms with van der Waals surface area (Å²) >= 11 is 0. The molecule has 3 rings (SSSR count). The summed E-state index contributed by atoms with van der Waals surface area (Å²) in [6.07, 6.45) is 1.30. The predicted molar refractivity (Wildman–Crippen MR) is 120 cm³/mol. The van der Waals surface area contributed by atoms with Crippen molar-refractivity contribution in [2.24, 2.45) is 11.8 Å². The fraction of sp³-hybridized carbons (Fsp3) is 0.440. The molecule has 1 N–H and O–H groups in total. The van der Waals surface area contributed by atoms with Gasteiger partial charge in [-0.15, -0.1) is 0 Å². The Morgan fingerprint density at radius 3 is 2.23 bits per heavy atom. The summed E-state index contributed by atoms with van der Waals surface area (Å²) in [5.74, 6) is 1.13. The van der Waals surface area contributed by atoms with Crippen molar-refractivity contribution in [3.63, 3.8) is 0 Å². The predicted octanol–water partition coefficient (Wildman–Crippen LogP) is 3.55. The molecule has 1 aliphatic rings. The molecule has 0 bridgehead atoms. The van der Waals surface area contributed by atoms with E-state index in [1.165, 1.54) is 16.9 Å². The highest BCUT2D eigenvalue weighted by Crippen LogP contribution is 2.23. The molecule has 30 heavy (non-hydrogen) atoms. The topological polar surface area (TPSA) is 52.7 Å². The van der Waals surface area contributed by atoms with Gasteiger partial charge in [0.15, 0.2) is 0 Å². The van der Waals surface area contributed by atoms with Crippen LogP contribution in [0.3, 0.4) is 0 Å². The van der Waals surface area contributed by atoms with E-state index in [-0.39, 0.29) is 18.4 Å². The first kappa shape index (κ1) is 22.0. The van der Waals surface area contributed by atoms with Crippen LogP contribution in [0.1, 0.15) is 41.8 Å². The maximum Gasteiger partial charge on any atom is 0.254 e. The maximum atomic E-state index is 12.4. The van der Waals surface area contributed by atoms with Crippen LogP contribution in [-0.2, 0) is 17.9 Å². The van der Waals surface area contributed by atoms with E-state index in [9.17, 15) is 9.59 Å². The number of rotatable bonds is 7. The molecular formula is C25H33N3O2. The molecule has 0 radical (unpaired) electrons. The van der Waals surface area contributed by atoms with Crippen LogP contribution in [0.2, 0.25) is 0 Å². The second-order valence-electron chi connectivity index (χ2n) is 8.71. The summed E-state index contributed by atoms with van der Waals surface area (Å²) in [6.45, 7) is 8.31. The molecule has 0 aromatic heterocycles. The average Bonchev–Trinajstić information content (AvgIpc) is 2.72. The number of nitrogens with zero attached hydrogens (tertiary/aromatic N) is 2. The Hall–Kier alpha value is -2.66. The van der Waals surface area contributed by atoms with E-state index in [2.05, 4.69) is 42.3 Å². The number of carbonyl (C=O) groups excluding carboxylic acids is 2. The van der Waals surface area contributed by atoms with Gasteiger partial charge in [-0.25, -0.2) is 0 Å². The molecule has 2 atom stereocenters. The van der Waals surface area contributed by atoms with Gasteiger partial charge in [-0.1, -0.05) is 56.3 Å². The number of carbonyl (C=O) groups is 2. The van der Waals surface area contributed by atoms with E-state index < -0.39 is 0 Å². The van der Waals surface area contributed by atoms with Gasteiger partial charge in [0, 0.05) is 38.8 Å². The number of likely N-dealkylation sites (N-methyl/N-ethyl adjacent to an activating group) is 1. The maximum absolute atomic E-state index is 12.4. The molecule has 160 valence electrons. The molecule has 1 saturated heterocycles. The van der Waals surface area contributed by atoms with E-state index in [4.69, 9.17) is 0 Å². The molecule has 1 aliphatic heterocycles. The number of piperidine rings is 1. The first-order chi connectivity index (χ1) is 14.4. The van der Waals surface area contributed by atoms with Crippen LogP contribution in [0.25, 0.3) is 0 Å². The summed E-state index contributed by atoms with van der Waals surface area (Å²) in [7, 11) is 1.65. The largest absolute Gasteiger partial charge is 0.350 e. The van der Waals surface area contributed by atoms with Crippen molar-refractivity contribution in [2.75, 3.05) is 26.7 Å². The van der Waals surface area contributed by atoms with Crippen molar-refractivity contribution >= 4 is 11.8 Å². The van der Waals surface area contributed by atoms with E-state index in [1.807, 2.05) is 24.3 Å². The lowest BCUT2D eigenvalue weighted by molar-refractivity contribution is -0.121. The average molecular weight is 408 g/mol. The highest BCUT2D eigenvalue weighted by molar-refractivity contribution is 5.96. The van der Waals surface area contributed by atoms with E-state index in [1.54, 1.807) is 19.2 Å². The highest BCUT2D eigenvalue weighted by atomic mass is 16.2. The quantitative estimate of drug-likeness (QED) is 0.764. The molecule has 5 heteroatoms. The number of benzene rings is 2. The van der Waals surface area contributed by atoms with Gasteiger partial charge in [-0.2, -0.15) is 0 Å². The van der Waals surface area contributed by atoms with Crippen LogP contribution < -0.4 is 5.32 Å². The van der Waals surface area contributed by atoms with Crippen molar-refractivity contribution in [1.29, 1.82) is 0 Å². The Kier molecular flexibility index (Phi) is 7.63. The van der Waals surface area contributed by atoms with Crippen molar-refractivity contribution in [3.05, 3.63) is 71.3 Å². The molecule has 0 aliphatic carbocycles. The molecular weight excluding hydrogens is 374 g/mol. The summed E-state index contributed by atoms with van der Waals surface area (Å²) in [5.41, 5.74) is 2.98. The smallest absolute Gasteiger partial charge is 0.254 e. The summed E-state index contributed by atoms with van der Waals surface area (Å²) < 4.78 is 0. The minimum Gasteiger partial charge on any atom is -0.350 e. The summed E-state index contributed by atoms with van der Waals surface area (Å²) in [5, 5.41) is 2.98. The third-order valence-electron chi connectivity index (χ3n) is 5.68. The van der Waals surface area contributed by atoms with E-state index in [0.717, 1.165) is 37.0 Å². The molecule has 0 unspecified atom stereocenters. The van der Waals surface area contributed by atoms with Crippen molar-refractivity contribution in [3.8, 4) is 0 Å². The summed E-state index contributed by atoms with van der Waals surface area (Å²) in [6, 6.07) is 17.3. The van der Waals surface area contributed by atoms with Gasteiger partial charge in [0.1, 0.15) is 0 Å². The van der Waals surface area contributed by atoms with Crippen molar-refractivity contribution in [2.45, 2.75) is 33.4 Å². The van der Waals surface area contributed by atoms with E-state index >= 15 is 0 Å². The van der Waals surface area contributed by atoms with Crippen LogP contribution in [0.4, 0.5) is 0 Å². The molecule has 2 aromatic rings. The SMILES string of the molecule is C[C@@H]1C[C@@H](C)CN(Cc2ccccc2CNC(=O)CN(C)C(=O)c2ccccc2)C1. The third-order valence-corrected chi connectivity index (χ3v) is 5.68. The molecule has 2 aromatic carbocycles. The zero-order chi connectivity index (χ0) is 21.5. The van der Waals surface area contributed by atoms with Gasteiger partial charge in [0.05, 0.1) is 6.54 Å². The molecule has 1 fully saturated rings. The standard InChI is InChI=1S/C25H33N3O2/c1-19-13-20(2)16-28(15-19)17-23-12-8-7-11-22(23)14-26-24(29)18-27(3)25(30)21-9-5-4-6-10-21/h4-12,19-20H,13-18H2,1-3H3,(H,26,29)/t19-,20-/m1/s1. The fourth-order valence-electron chi connectivity index (χ4n) is 4.38. The van der Waals surface area contributed by atoms with E-state index in [0.29, 0.717) is 12.1 Å². The Labute approximate surface area is 180 Å². The van der Waals surface area contributed by atoms with Crippen LogP contribution >= 0.6 is 0 Å². The third kappa shape index (κ3) is 6.17. The number of hydrogen-bond acceptors (Lipinski definition) is 3. The second kappa shape index (κ2) is 10.4. The lowest BCUT2D eigenvalue weighted by Crippen LogP contribution is -2.39. The molecule has 0 saturated carbocycles. The van der Waals surface area contributed by atoms with Crippen LogP contribution in [0, 0.1) is 11.8 Å². The second-order valence-corrected chi connectivity index (χ2v) is 8.71. The molecule has 0 spiro atoms. The number of likely N-dealkylation sites (tertiary alicyclic amines) is 1. The highest BCUT2D eigenvalue weighted by Gasteiger charge is 2.22. The zero-order valence-electron chi connectivity index (χ0n) is 18.3. The Morgan fingerprint density at radius 1 is 0.967 bits per heavy atom. The monoisotopic (exact) mass is 407 g/mol. The Balaban J connectivity index is 1.54. The van der Waals surface area contributed by atoms with Crippen LogP contribution in [-0.4, -0.2) is 48.3 Å². The van der Waals surface area contributed by atoms with Crippen LogP contribution in [0.15, 0.2) is 54.6 Å². The lowest BCUT2D eigenvalue weighted by atomic mass is 9.91. The Bertz CT molecular complexity index is 842. The van der Waals surface area contributed by atoms with Gasteiger partial charge in [-0.3, -0.25) is 14.5 Å². The first-order valence-corrected chi connectivity index (χ1v) is 10.8.